The van der Waals surface area contributed by atoms with Crippen LogP contribution < -0.4 is 12.4 Å². The third-order valence-electron chi connectivity index (χ3n) is 0.942. The van der Waals surface area contributed by atoms with Crippen LogP contribution in [-0.4, -0.2) is 0 Å². The van der Waals surface area contributed by atoms with Gasteiger partial charge >= 0.3 is 5.69 Å². The number of hydrogen-bond acceptors (Lipinski definition) is 1. The van der Waals surface area contributed by atoms with Gasteiger partial charge in [0, 0.05) is 17.2 Å². The van der Waals surface area contributed by atoms with E-state index in [1.165, 1.54) is 0 Å². The normalized spacial score (nSPS) is 7.60. The lowest BCUT2D eigenvalue weighted by atomic mass is 12.2. The van der Waals surface area contributed by atoms with Crippen molar-refractivity contribution < 1.29 is 12.4 Å². The van der Waals surface area contributed by atoms with Gasteiger partial charge in [0.2, 0.25) is 5.39 Å². The Hall–Kier alpha value is -0.780. The third kappa shape index (κ3) is 2.22. The van der Waals surface area contributed by atoms with Crippen LogP contribution in [0.5, 0.6) is 0 Å². The lowest BCUT2D eigenvalue weighted by molar-refractivity contribution is -0.00000196. The van der Waals surface area contributed by atoms with E-state index in [0.717, 1.165) is 0 Å². The highest BCUT2D eigenvalue weighted by atomic mass is 35.5. The molecule has 0 aliphatic carbocycles. The maximum Gasteiger partial charge on any atom is 0.385 e. The van der Waals surface area contributed by atoms with Crippen molar-refractivity contribution in [3.05, 3.63) is 34.3 Å². The van der Waals surface area contributed by atoms with E-state index in [-0.39, 0.29) is 12.4 Å². The molecular weight excluding hydrogens is 183 g/mol. The van der Waals surface area contributed by atoms with Gasteiger partial charge in [0.15, 0.2) is 4.98 Å². The van der Waals surface area contributed by atoms with Crippen molar-refractivity contribution in [3.8, 4) is 0 Å². The Labute approximate surface area is 69.8 Å². The fourth-order valence-corrected chi connectivity index (χ4v) is 0.634. The van der Waals surface area contributed by atoms with Crippen molar-refractivity contribution in [3.63, 3.8) is 0 Å². The van der Waals surface area contributed by atoms with E-state index in [4.69, 9.17) is 17.0 Å². The van der Waals surface area contributed by atoms with Crippen LogP contribution in [-0.2, 0) is 0 Å². The van der Waals surface area contributed by atoms with Crippen LogP contribution in [0.1, 0.15) is 0 Å². The average molecular weight is 187 g/mol. The molecule has 2 nitrogen and oxygen atoms in total. The minimum absolute atomic E-state index is 0. The number of nitrogens with zero attached hydrogens (tertiary/aromatic N) is 2. The molecule has 0 radical (unpaired) electrons. The van der Waals surface area contributed by atoms with Crippen molar-refractivity contribution in [2.75, 3.05) is 0 Å². The van der Waals surface area contributed by atoms with Crippen molar-refractivity contribution in [1.82, 2.24) is 0 Å². The van der Waals surface area contributed by atoms with E-state index in [1.54, 1.807) is 24.3 Å². The summed E-state index contributed by atoms with van der Waals surface area (Å²) in [5.41, 5.74) is 0.513. The van der Waals surface area contributed by atoms with E-state index < -0.39 is 0 Å². The van der Waals surface area contributed by atoms with Crippen molar-refractivity contribution in [2.45, 2.75) is 0 Å². The Morgan fingerprint density at radius 1 is 1.20 bits per heavy atom. The van der Waals surface area contributed by atoms with Gasteiger partial charge in [0.1, 0.15) is 0 Å². The van der Waals surface area contributed by atoms with Crippen molar-refractivity contribution >= 4 is 17.3 Å². The van der Waals surface area contributed by atoms with E-state index in [0.29, 0.717) is 10.7 Å². The summed E-state index contributed by atoms with van der Waals surface area (Å²) >= 11 is 5.55. The first-order chi connectivity index (χ1) is 4.33. The summed E-state index contributed by atoms with van der Waals surface area (Å²) in [4.78, 5) is 2.95. The van der Waals surface area contributed by atoms with Gasteiger partial charge in [-0.2, -0.15) is 0 Å². The monoisotopic (exact) mass is 186 g/mol. The van der Waals surface area contributed by atoms with Crippen molar-refractivity contribution in [1.29, 1.82) is 5.39 Å². The number of benzene rings is 1. The highest BCUT2D eigenvalue weighted by Gasteiger charge is 1.99. The molecule has 1 aromatic rings. The molecule has 0 fully saturated rings. The molecule has 0 N–H and O–H groups in total. The SMILES string of the molecule is N#[N+][14c]1[14cH][14cH][14c](Cl)[14cH][14cH]1.[Cl-]. The lowest BCUT2D eigenvalue weighted by Gasteiger charge is -1.78. The molecule has 1 aromatic carbocycles. The zero-order valence-corrected chi connectivity index (χ0v) is 6.47. The molecule has 0 unspecified atom stereocenters. The summed E-state index contributed by atoms with van der Waals surface area (Å²) in [7, 11) is 0. The summed E-state index contributed by atoms with van der Waals surface area (Å²) in [5.74, 6) is 0. The molecule has 0 aromatic heterocycles. The molecule has 0 aliphatic heterocycles. The van der Waals surface area contributed by atoms with Gasteiger partial charge in [-0.1, -0.05) is 11.6 Å². The van der Waals surface area contributed by atoms with E-state index in [2.05, 4.69) is 4.98 Å². The van der Waals surface area contributed by atoms with Crippen LogP contribution in [0.25, 0.3) is 4.98 Å². The molecule has 10 heavy (non-hydrogen) atoms. The van der Waals surface area contributed by atoms with Crippen LogP contribution in [0.15, 0.2) is 24.3 Å². The molecule has 52 valence electrons. The summed E-state index contributed by atoms with van der Waals surface area (Å²) < 4.78 is 0. The van der Waals surface area contributed by atoms with Gasteiger partial charge in [-0.3, -0.25) is 0 Å². The van der Waals surface area contributed by atoms with E-state index in [1.807, 2.05) is 0 Å². The summed E-state index contributed by atoms with van der Waals surface area (Å²) in [5, 5.41) is 8.85. The smallest absolute Gasteiger partial charge is 0.385 e. The highest BCUT2D eigenvalue weighted by molar-refractivity contribution is 6.30. The predicted octanol–water partition coefficient (Wildman–Crippen LogP) is -0.171. The standard InChI is InChI=1S/C6H4ClN2.ClH/c7-5-1-3-6(9-8)4-2-5;/h1-4H;1H/q+1;/p-1/i1+2,2+2,3+2,4+2,5+2,6+2;. The second-order valence-electron chi connectivity index (χ2n) is 1.58. The maximum absolute atomic E-state index is 8.21. The Morgan fingerprint density at radius 2 is 1.70 bits per heavy atom. The maximum atomic E-state index is 8.21. The number of diazo groups is 1. The quantitative estimate of drug-likeness (QED) is 0.518. The van der Waals surface area contributed by atoms with Gasteiger partial charge in [-0.15, -0.1) is 0 Å². The fraction of sp³-hybridized carbons (Fsp3) is 0. The summed E-state index contributed by atoms with van der Waals surface area (Å²) in [6.07, 6.45) is 0. The van der Waals surface area contributed by atoms with Gasteiger partial charge in [0.05, 0.1) is 0 Å². The Balaban J connectivity index is 0.000000810. The fourth-order valence-electron chi connectivity index (χ4n) is 0.508. The molecule has 0 heterocycles. The predicted molar refractivity (Wildman–Crippen MR) is 36.2 cm³/mol. The molecular formula is C6H4Cl2N2. The Bertz CT molecular complexity index is 237. The van der Waals surface area contributed by atoms with Crippen LogP contribution >= 0.6 is 11.6 Å². The van der Waals surface area contributed by atoms with Crippen LogP contribution in [0.3, 0.4) is 0 Å². The van der Waals surface area contributed by atoms with Crippen LogP contribution in [0, 0.1) is 5.39 Å². The molecule has 0 spiro atoms. The van der Waals surface area contributed by atoms with E-state index in [9.17, 15) is 0 Å². The first-order valence-electron chi connectivity index (χ1n) is 2.43. The first-order valence-corrected chi connectivity index (χ1v) is 2.81. The summed E-state index contributed by atoms with van der Waals surface area (Å²) in [6.45, 7) is 0. The zero-order chi connectivity index (χ0) is 6.69. The lowest BCUT2D eigenvalue weighted by Crippen LogP contribution is -3.00. The minimum Gasteiger partial charge on any atom is -1.00 e. The first kappa shape index (κ1) is 9.22. The molecule has 0 bridgehead atoms. The van der Waals surface area contributed by atoms with Crippen LogP contribution in [0.2, 0.25) is 5.02 Å². The van der Waals surface area contributed by atoms with Gasteiger partial charge in [-0.25, -0.2) is 0 Å². The highest BCUT2D eigenvalue weighted by Crippen LogP contribution is 2.15. The average Bonchev–Trinajstić information content (AvgIpc) is 1.90. The molecule has 0 saturated carbocycles. The molecule has 0 atom stereocenters. The van der Waals surface area contributed by atoms with Gasteiger partial charge in [0.25, 0.3) is 0 Å². The second-order valence-corrected chi connectivity index (χ2v) is 2.01. The molecule has 0 amide bonds. The number of rotatable bonds is 0. The summed E-state index contributed by atoms with van der Waals surface area (Å²) in [6, 6.07) is 6.58. The minimum atomic E-state index is 0. The largest absolute Gasteiger partial charge is 1.00 e. The van der Waals surface area contributed by atoms with Gasteiger partial charge < -0.3 is 12.4 Å². The third-order valence-corrected chi connectivity index (χ3v) is 1.19. The Morgan fingerprint density at radius 3 is 2.10 bits per heavy atom. The topological polar surface area (TPSA) is 28.1 Å². The second kappa shape index (κ2) is 4.10. The number of halogens is 2. The molecule has 0 saturated heterocycles. The number of hydrogen-bond donors (Lipinski definition) is 0. The van der Waals surface area contributed by atoms with Crippen molar-refractivity contribution in [2.24, 2.45) is 0 Å². The van der Waals surface area contributed by atoms with E-state index >= 15 is 0 Å². The molecule has 1 rings (SSSR count). The zero-order valence-electron chi connectivity index (χ0n) is 4.96. The van der Waals surface area contributed by atoms with Crippen LogP contribution in [0.4, 0.5) is 5.69 Å². The molecule has 4 heteroatoms. The molecule has 0 aliphatic rings. The Kier molecular flexibility index (Phi) is 3.78. The van der Waals surface area contributed by atoms with Gasteiger partial charge in [-0.05, 0) is 12.1 Å².